The zero-order chi connectivity index (χ0) is 17.6. The Morgan fingerprint density at radius 2 is 1.92 bits per heavy atom. The number of aliphatic imine (C=N–C) groups is 1. The Bertz CT molecular complexity index is 560. The predicted molar refractivity (Wildman–Crippen MR) is 106 cm³/mol. The van der Waals surface area contributed by atoms with E-state index in [4.69, 9.17) is 4.99 Å². The monoisotopic (exact) mass is 342 g/mol. The molecule has 25 heavy (non-hydrogen) atoms. The van der Waals surface area contributed by atoms with Crippen molar-refractivity contribution in [1.29, 1.82) is 0 Å². The molecule has 1 aromatic rings. The predicted octanol–water partition coefficient (Wildman–Crippen LogP) is 3.23. The van der Waals surface area contributed by atoms with Gasteiger partial charge in [-0.1, -0.05) is 36.8 Å². The van der Waals surface area contributed by atoms with E-state index in [1.165, 1.54) is 43.5 Å². The minimum Gasteiger partial charge on any atom is -0.357 e. The van der Waals surface area contributed by atoms with Gasteiger partial charge in [0.15, 0.2) is 5.96 Å². The second kappa shape index (κ2) is 8.70. The number of benzene rings is 1. The average molecular weight is 343 g/mol. The van der Waals surface area contributed by atoms with Crippen molar-refractivity contribution in [3.63, 3.8) is 0 Å². The van der Waals surface area contributed by atoms with Crippen molar-refractivity contribution >= 4 is 5.96 Å². The molecule has 2 aliphatic rings. The van der Waals surface area contributed by atoms with Crippen LogP contribution in [0.15, 0.2) is 29.3 Å². The van der Waals surface area contributed by atoms with Gasteiger partial charge in [0.2, 0.25) is 0 Å². The number of rotatable bonds is 5. The lowest BCUT2D eigenvalue weighted by Gasteiger charge is -2.25. The molecule has 2 aliphatic heterocycles. The van der Waals surface area contributed by atoms with Crippen LogP contribution in [0.4, 0.5) is 0 Å². The summed E-state index contributed by atoms with van der Waals surface area (Å²) in [4.78, 5) is 10.1. The van der Waals surface area contributed by atoms with Gasteiger partial charge in [-0.2, -0.15) is 0 Å². The maximum Gasteiger partial charge on any atom is 0.193 e. The van der Waals surface area contributed by atoms with E-state index in [1.807, 2.05) is 0 Å². The molecule has 3 rings (SSSR count). The summed E-state index contributed by atoms with van der Waals surface area (Å²) in [6.07, 6.45) is 4.02. The fraction of sp³-hybridized carbons (Fsp3) is 0.667. The van der Waals surface area contributed by atoms with Crippen molar-refractivity contribution in [3.05, 3.63) is 35.4 Å². The van der Waals surface area contributed by atoms with E-state index in [0.717, 1.165) is 38.2 Å². The van der Waals surface area contributed by atoms with Gasteiger partial charge in [0.1, 0.15) is 0 Å². The molecular formula is C21H34N4. The van der Waals surface area contributed by atoms with Crippen LogP contribution in [0, 0.1) is 6.92 Å². The maximum atomic E-state index is 4.97. The molecule has 0 aromatic heterocycles. The zero-order valence-electron chi connectivity index (χ0n) is 16.2. The fourth-order valence-corrected chi connectivity index (χ4v) is 3.99. The molecule has 2 atom stereocenters. The number of nitrogens with one attached hydrogen (secondary N) is 1. The van der Waals surface area contributed by atoms with E-state index in [2.05, 4.69) is 60.2 Å². The van der Waals surface area contributed by atoms with Gasteiger partial charge in [-0.15, -0.1) is 0 Å². The van der Waals surface area contributed by atoms with E-state index in [-0.39, 0.29) is 0 Å². The van der Waals surface area contributed by atoms with Crippen LogP contribution in [0.3, 0.4) is 0 Å². The van der Waals surface area contributed by atoms with E-state index in [0.29, 0.717) is 5.92 Å². The number of hydrogen-bond donors (Lipinski definition) is 1. The molecular weight excluding hydrogens is 308 g/mol. The van der Waals surface area contributed by atoms with Crippen molar-refractivity contribution in [3.8, 4) is 0 Å². The van der Waals surface area contributed by atoms with Crippen LogP contribution in [0.1, 0.15) is 50.2 Å². The van der Waals surface area contributed by atoms with Crippen LogP contribution in [0.5, 0.6) is 0 Å². The van der Waals surface area contributed by atoms with Crippen LogP contribution in [-0.4, -0.2) is 61.1 Å². The van der Waals surface area contributed by atoms with Crippen molar-refractivity contribution in [2.45, 2.75) is 52.0 Å². The Morgan fingerprint density at radius 1 is 1.20 bits per heavy atom. The summed E-state index contributed by atoms with van der Waals surface area (Å²) in [6.45, 7) is 13.2. The van der Waals surface area contributed by atoms with Crippen LogP contribution in [0.2, 0.25) is 0 Å². The lowest BCUT2D eigenvalue weighted by molar-refractivity contribution is 0.249. The molecule has 0 amide bonds. The highest BCUT2D eigenvalue weighted by molar-refractivity contribution is 5.80. The van der Waals surface area contributed by atoms with Crippen LogP contribution < -0.4 is 5.32 Å². The standard InChI is InChI=1S/C21H34N4/c1-4-22-21(23-15-18(3)19-9-7-17(2)8-10-19)25-14-11-20(16-25)24-12-5-6-13-24/h7-10,18,20H,4-6,11-16H2,1-3H3,(H,22,23). The van der Waals surface area contributed by atoms with Gasteiger partial charge in [-0.3, -0.25) is 9.89 Å². The molecule has 2 heterocycles. The van der Waals surface area contributed by atoms with Gasteiger partial charge in [-0.05, 0) is 51.8 Å². The lowest BCUT2D eigenvalue weighted by atomic mass is 10.0. The minimum absolute atomic E-state index is 0.450. The summed E-state index contributed by atoms with van der Waals surface area (Å²) in [5.41, 5.74) is 2.69. The Labute approximate surface area is 153 Å². The third-order valence-electron chi connectivity index (χ3n) is 5.62. The molecule has 2 unspecified atom stereocenters. The Balaban J connectivity index is 1.60. The van der Waals surface area contributed by atoms with Crippen molar-refractivity contribution in [2.75, 3.05) is 39.3 Å². The highest BCUT2D eigenvalue weighted by atomic mass is 15.3. The normalized spacial score (nSPS) is 23.2. The Kier molecular flexibility index (Phi) is 6.35. The van der Waals surface area contributed by atoms with Crippen molar-refractivity contribution in [2.24, 2.45) is 4.99 Å². The second-order valence-corrected chi connectivity index (χ2v) is 7.64. The topological polar surface area (TPSA) is 30.9 Å². The summed E-state index contributed by atoms with van der Waals surface area (Å²) in [6, 6.07) is 9.59. The first-order valence-corrected chi connectivity index (χ1v) is 10.0. The first-order chi connectivity index (χ1) is 12.2. The van der Waals surface area contributed by atoms with Gasteiger partial charge in [-0.25, -0.2) is 0 Å². The van der Waals surface area contributed by atoms with Crippen LogP contribution in [0.25, 0.3) is 0 Å². The third-order valence-corrected chi connectivity index (χ3v) is 5.62. The van der Waals surface area contributed by atoms with Crippen LogP contribution in [-0.2, 0) is 0 Å². The quantitative estimate of drug-likeness (QED) is 0.658. The van der Waals surface area contributed by atoms with E-state index < -0.39 is 0 Å². The molecule has 0 saturated carbocycles. The number of hydrogen-bond acceptors (Lipinski definition) is 2. The molecule has 0 spiro atoms. The third kappa shape index (κ3) is 4.75. The minimum atomic E-state index is 0.450. The fourth-order valence-electron chi connectivity index (χ4n) is 3.99. The molecule has 0 bridgehead atoms. The number of aryl methyl sites for hydroxylation is 1. The van der Waals surface area contributed by atoms with E-state index in [1.54, 1.807) is 0 Å². The van der Waals surface area contributed by atoms with E-state index in [9.17, 15) is 0 Å². The first-order valence-electron chi connectivity index (χ1n) is 10.0. The molecule has 138 valence electrons. The van der Waals surface area contributed by atoms with Crippen LogP contribution >= 0.6 is 0 Å². The van der Waals surface area contributed by atoms with E-state index >= 15 is 0 Å². The number of guanidine groups is 1. The summed E-state index contributed by atoms with van der Waals surface area (Å²) in [5, 5.41) is 3.51. The molecule has 0 aliphatic carbocycles. The Morgan fingerprint density at radius 3 is 2.60 bits per heavy atom. The largest absolute Gasteiger partial charge is 0.357 e. The first kappa shape index (κ1) is 18.2. The highest BCUT2D eigenvalue weighted by Gasteiger charge is 2.30. The molecule has 2 saturated heterocycles. The second-order valence-electron chi connectivity index (χ2n) is 7.64. The highest BCUT2D eigenvalue weighted by Crippen LogP contribution is 2.21. The van der Waals surface area contributed by atoms with Crippen molar-refractivity contribution in [1.82, 2.24) is 15.1 Å². The van der Waals surface area contributed by atoms with Gasteiger partial charge in [0, 0.05) is 38.1 Å². The summed E-state index contributed by atoms with van der Waals surface area (Å²) >= 11 is 0. The number of nitrogens with zero attached hydrogens (tertiary/aromatic N) is 3. The summed E-state index contributed by atoms with van der Waals surface area (Å²) in [5.74, 6) is 1.55. The molecule has 0 radical (unpaired) electrons. The van der Waals surface area contributed by atoms with Crippen molar-refractivity contribution < 1.29 is 0 Å². The number of likely N-dealkylation sites (tertiary alicyclic amines) is 2. The SMILES string of the molecule is CCNC(=NCC(C)c1ccc(C)cc1)N1CCC(N2CCCC2)C1. The smallest absolute Gasteiger partial charge is 0.193 e. The van der Waals surface area contributed by atoms with Gasteiger partial charge in [0.25, 0.3) is 0 Å². The molecule has 1 aromatic carbocycles. The maximum absolute atomic E-state index is 4.97. The van der Waals surface area contributed by atoms with Gasteiger partial charge >= 0.3 is 0 Å². The Hall–Kier alpha value is -1.55. The molecule has 4 nitrogen and oxygen atoms in total. The molecule has 4 heteroatoms. The molecule has 2 fully saturated rings. The average Bonchev–Trinajstić information content (AvgIpc) is 3.30. The lowest BCUT2D eigenvalue weighted by Crippen LogP contribution is -2.42. The summed E-state index contributed by atoms with van der Waals surface area (Å²) in [7, 11) is 0. The molecule has 1 N–H and O–H groups in total. The zero-order valence-corrected chi connectivity index (χ0v) is 16.2. The van der Waals surface area contributed by atoms with Gasteiger partial charge in [0.05, 0.1) is 0 Å². The van der Waals surface area contributed by atoms with Gasteiger partial charge < -0.3 is 10.2 Å². The summed E-state index contributed by atoms with van der Waals surface area (Å²) < 4.78 is 0.